The van der Waals surface area contributed by atoms with Crippen LogP contribution in [0.15, 0.2) is 52.1 Å². The second-order valence-corrected chi connectivity index (χ2v) is 8.43. The van der Waals surface area contributed by atoms with Gasteiger partial charge in [0.05, 0.1) is 28.5 Å². The Labute approximate surface area is 184 Å². The summed E-state index contributed by atoms with van der Waals surface area (Å²) in [6.07, 6.45) is 3.20. The second kappa shape index (κ2) is 8.37. The number of aliphatic hydroxyl groups excluding tert-OH is 1. The van der Waals surface area contributed by atoms with Gasteiger partial charge in [0.25, 0.3) is 5.56 Å². The zero-order valence-corrected chi connectivity index (χ0v) is 17.9. The van der Waals surface area contributed by atoms with Crippen molar-refractivity contribution in [1.29, 1.82) is 0 Å². The van der Waals surface area contributed by atoms with Crippen LogP contribution in [0, 0.1) is 0 Å². The van der Waals surface area contributed by atoms with Gasteiger partial charge < -0.3 is 15.4 Å². The highest BCUT2D eigenvalue weighted by atomic mass is 16.3. The highest BCUT2D eigenvalue weighted by Gasteiger charge is 2.29. The molecule has 0 saturated heterocycles. The number of benzene rings is 2. The third-order valence-corrected chi connectivity index (χ3v) is 6.21. The van der Waals surface area contributed by atoms with E-state index in [9.17, 15) is 14.7 Å². The van der Waals surface area contributed by atoms with E-state index in [4.69, 9.17) is 10.7 Å². The van der Waals surface area contributed by atoms with Gasteiger partial charge >= 0.3 is 5.69 Å². The van der Waals surface area contributed by atoms with Gasteiger partial charge in [-0.25, -0.2) is 9.78 Å². The first-order valence-electron chi connectivity index (χ1n) is 11.2. The molecule has 0 bridgehead atoms. The number of hydrogen-bond donors (Lipinski definition) is 2. The Morgan fingerprint density at radius 1 is 1.03 bits per heavy atom. The Morgan fingerprint density at radius 3 is 2.59 bits per heavy atom. The Balaban J connectivity index is 1.68. The highest BCUT2D eigenvalue weighted by Crippen LogP contribution is 2.32. The Kier molecular flexibility index (Phi) is 5.40. The number of imidazole rings is 1. The molecule has 166 valence electrons. The van der Waals surface area contributed by atoms with Gasteiger partial charge in [-0.1, -0.05) is 18.2 Å². The van der Waals surface area contributed by atoms with Crippen molar-refractivity contribution in [1.82, 2.24) is 18.7 Å². The average molecular weight is 434 g/mol. The van der Waals surface area contributed by atoms with Crippen LogP contribution in [0.2, 0.25) is 0 Å². The molecule has 1 aliphatic rings. The van der Waals surface area contributed by atoms with Crippen LogP contribution >= 0.6 is 0 Å². The smallest absolute Gasteiger partial charge is 0.332 e. The standard InChI is InChI=1S/C24H27N5O3/c25-14-16-7-10-21-19(13-16)26-22(27(21)11-3-4-12-30)15-28-20-6-2-1-5-18(20)23(31)29(24(28)32)17-8-9-17/h1-2,5-7,10,13,17,30H,3-4,8-9,11-12,14-15,25H2. The number of aryl methyl sites for hydroxylation is 1. The second-order valence-electron chi connectivity index (χ2n) is 8.43. The third kappa shape index (κ3) is 3.55. The first-order chi connectivity index (χ1) is 15.6. The molecule has 8 heteroatoms. The lowest BCUT2D eigenvalue weighted by Gasteiger charge is -2.15. The van der Waals surface area contributed by atoms with E-state index in [0.29, 0.717) is 30.4 Å². The van der Waals surface area contributed by atoms with Crippen LogP contribution in [-0.4, -0.2) is 30.4 Å². The van der Waals surface area contributed by atoms with Crippen LogP contribution in [0.5, 0.6) is 0 Å². The summed E-state index contributed by atoms with van der Waals surface area (Å²) in [7, 11) is 0. The number of fused-ring (bicyclic) bond motifs is 2. The number of nitrogens with two attached hydrogens (primary N) is 1. The van der Waals surface area contributed by atoms with Crippen molar-refractivity contribution in [2.24, 2.45) is 5.73 Å². The van der Waals surface area contributed by atoms with Crippen molar-refractivity contribution >= 4 is 21.9 Å². The number of unbranched alkanes of at least 4 members (excludes halogenated alkanes) is 1. The van der Waals surface area contributed by atoms with E-state index in [1.165, 1.54) is 4.57 Å². The lowest BCUT2D eigenvalue weighted by atomic mass is 10.2. The zero-order chi connectivity index (χ0) is 22.2. The maximum Gasteiger partial charge on any atom is 0.332 e. The topological polar surface area (TPSA) is 108 Å². The normalized spacial score (nSPS) is 13.9. The minimum absolute atomic E-state index is 0.0126. The van der Waals surface area contributed by atoms with Crippen LogP contribution in [0.4, 0.5) is 0 Å². The molecule has 2 heterocycles. The van der Waals surface area contributed by atoms with Crippen molar-refractivity contribution < 1.29 is 5.11 Å². The lowest BCUT2D eigenvalue weighted by molar-refractivity contribution is 0.281. The van der Waals surface area contributed by atoms with Crippen LogP contribution in [0.25, 0.3) is 21.9 Å². The fourth-order valence-corrected chi connectivity index (χ4v) is 4.39. The molecule has 3 N–H and O–H groups in total. The van der Waals surface area contributed by atoms with Gasteiger partial charge in [-0.3, -0.25) is 13.9 Å². The molecule has 0 radical (unpaired) electrons. The van der Waals surface area contributed by atoms with Gasteiger partial charge in [0, 0.05) is 25.7 Å². The summed E-state index contributed by atoms with van der Waals surface area (Å²) >= 11 is 0. The summed E-state index contributed by atoms with van der Waals surface area (Å²) in [6, 6.07) is 13.2. The molecule has 0 aliphatic heterocycles. The number of aromatic nitrogens is 4. The van der Waals surface area contributed by atoms with Crippen molar-refractivity contribution in [2.45, 2.75) is 51.4 Å². The van der Waals surface area contributed by atoms with Crippen molar-refractivity contribution in [3.63, 3.8) is 0 Å². The first-order valence-corrected chi connectivity index (χ1v) is 11.2. The average Bonchev–Trinajstić information content (AvgIpc) is 3.58. The minimum atomic E-state index is -0.284. The predicted octanol–water partition coefficient (Wildman–Crippen LogP) is 2.13. The van der Waals surface area contributed by atoms with E-state index in [0.717, 1.165) is 41.7 Å². The van der Waals surface area contributed by atoms with Gasteiger partial charge in [-0.05, 0) is 55.5 Å². The number of aliphatic hydroxyl groups is 1. The molecule has 2 aromatic carbocycles. The number of hydrogen-bond acceptors (Lipinski definition) is 5. The molecule has 2 aromatic heterocycles. The van der Waals surface area contributed by atoms with Gasteiger partial charge in [0.15, 0.2) is 0 Å². The largest absolute Gasteiger partial charge is 0.396 e. The summed E-state index contributed by atoms with van der Waals surface area (Å²) < 4.78 is 5.19. The molecule has 0 unspecified atom stereocenters. The Hall–Kier alpha value is -3.23. The molecule has 1 saturated carbocycles. The third-order valence-electron chi connectivity index (χ3n) is 6.21. The molecule has 1 aliphatic carbocycles. The van der Waals surface area contributed by atoms with Gasteiger partial charge in [0.1, 0.15) is 5.82 Å². The van der Waals surface area contributed by atoms with E-state index in [2.05, 4.69) is 4.57 Å². The molecule has 32 heavy (non-hydrogen) atoms. The number of rotatable bonds is 8. The van der Waals surface area contributed by atoms with Gasteiger partial charge in [-0.2, -0.15) is 0 Å². The predicted molar refractivity (Wildman–Crippen MR) is 124 cm³/mol. The first kappa shape index (κ1) is 20.7. The fraction of sp³-hybridized carbons (Fsp3) is 0.375. The quantitative estimate of drug-likeness (QED) is 0.414. The van der Waals surface area contributed by atoms with Gasteiger partial charge in [-0.15, -0.1) is 0 Å². The summed E-state index contributed by atoms with van der Waals surface area (Å²) in [4.78, 5) is 31.3. The zero-order valence-electron chi connectivity index (χ0n) is 17.9. The van der Waals surface area contributed by atoms with E-state index in [1.807, 2.05) is 36.4 Å². The van der Waals surface area contributed by atoms with E-state index in [-0.39, 0.29) is 30.4 Å². The van der Waals surface area contributed by atoms with Crippen molar-refractivity contribution in [3.05, 3.63) is 74.7 Å². The van der Waals surface area contributed by atoms with Gasteiger partial charge in [0.2, 0.25) is 0 Å². The summed E-state index contributed by atoms with van der Waals surface area (Å²) in [5.74, 6) is 0.750. The molecule has 0 amide bonds. The van der Waals surface area contributed by atoms with Crippen LogP contribution < -0.4 is 17.0 Å². The van der Waals surface area contributed by atoms with E-state index >= 15 is 0 Å². The molecule has 5 rings (SSSR count). The maximum absolute atomic E-state index is 13.4. The summed E-state index contributed by atoms with van der Waals surface area (Å²) in [5.41, 5.74) is 8.74. The highest BCUT2D eigenvalue weighted by molar-refractivity contribution is 5.79. The van der Waals surface area contributed by atoms with E-state index < -0.39 is 0 Å². The van der Waals surface area contributed by atoms with Crippen LogP contribution in [0.3, 0.4) is 0 Å². The van der Waals surface area contributed by atoms with E-state index in [1.54, 1.807) is 10.6 Å². The molecule has 4 aromatic rings. The SMILES string of the molecule is NCc1ccc2c(c1)nc(Cn1c(=O)n(C3CC3)c(=O)c3ccccc31)n2CCCCO. The lowest BCUT2D eigenvalue weighted by Crippen LogP contribution is -2.40. The Bertz CT molecular complexity index is 1410. The molecular weight excluding hydrogens is 406 g/mol. The molecular formula is C24H27N5O3. The number of para-hydroxylation sites is 1. The Morgan fingerprint density at radius 2 is 1.84 bits per heavy atom. The molecule has 1 fully saturated rings. The molecule has 8 nitrogen and oxygen atoms in total. The monoisotopic (exact) mass is 433 g/mol. The summed E-state index contributed by atoms with van der Waals surface area (Å²) in [5, 5.41) is 9.78. The van der Waals surface area contributed by atoms with Crippen LogP contribution in [0.1, 0.15) is 43.1 Å². The van der Waals surface area contributed by atoms with Crippen molar-refractivity contribution in [3.8, 4) is 0 Å². The van der Waals surface area contributed by atoms with Crippen molar-refractivity contribution in [2.75, 3.05) is 6.61 Å². The summed E-state index contributed by atoms with van der Waals surface area (Å²) in [6.45, 7) is 1.51. The minimum Gasteiger partial charge on any atom is -0.396 e. The number of nitrogens with zero attached hydrogens (tertiary/aromatic N) is 4. The molecule has 0 atom stereocenters. The van der Waals surface area contributed by atoms with Crippen LogP contribution in [-0.2, 0) is 19.6 Å². The maximum atomic E-state index is 13.4. The molecule has 0 spiro atoms. The fourth-order valence-electron chi connectivity index (χ4n) is 4.39.